The van der Waals surface area contributed by atoms with Crippen LogP contribution in [-0.4, -0.2) is 66.0 Å². The predicted molar refractivity (Wildman–Crippen MR) is 123 cm³/mol. The molecule has 0 aliphatic carbocycles. The molecule has 1 N–H and O–H groups in total. The first-order valence-electron chi connectivity index (χ1n) is 10.7. The van der Waals surface area contributed by atoms with Gasteiger partial charge < -0.3 is 10.2 Å². The van der Waals surface area contributed by atoms with Gasteiger partial charge in [0.1, 0.15) is 0 Å². The first kappa shape index (κ1) is 22.2. The average molecular weight is 454 g/mol. The Bertz CT molecular complexity index is 1150. The maximum atomic E-state index is 13.0. The molecular formula is C23H27N5O3S. The summed E-state index contributed by atoms with van der Waals surface area (Å²) in [6.07, 6.45) is 3.60. The van der Waals surface area contributed by atoms with Crippen LogP contribution in [0.1, 0.15) is 22.8 Å². The molecule has 2 aromatic carbocycles. The molecule has 3 aromatic rings. The van der Waals surface area contributed by atoms with Gasteiger partial charge in [-0.1, -0.05) is 25.1 Å². The summed E-state index contributed by atoms with van der Waals surface area (Å²) in [4.78, 5) is 15.1. The molecule has 9 heteroatoms. The lowest BCUT2D eigenvalue weighted by Crippen LogP contribution is -2.48. The lowest BCUT2D eigenvalue weighted by Gasteiger charge is -2.33. The van der Waals surface area contributed by atoms with Gasteiger partial charge in [-0.05, 0) is 48.5 Å². The van der Waals surface area contributed by atoms with Gasteiger partial charge in [-0.25, -0.2) is 8.42 Å². The number of amides is 1. The molecule has 0 spiro atoms. The fraction of sp³-hybridized carbons (Fsp3) is 0.304. The van der Waals surface area contributed by atoms with Crippen LogP contribution in [0, 0.1) is 0 Å². The second-order valence-corrected chi connectivity index (χ2v) is 9.66. The Morgan fingerprint density at radius 1 is 1.03 bits per heavy atom. The fourth-order valence-corrected chi connectivity index (χ4v) is 5.18. The Hall–Kier alpha value is -3.01. The van der Waals surface area contributed by atoms with E-state index in [0.29, 0.717) is 30.9 Å². The average Bonchev–Trinajstić information content (AvgIpc) is 3.33. The molecule has 1 aromatic heterocycles. The Labute approximate surface area is 188 Å². The minimum Gasteiger partial charge on any atom is -0.322 e. The third-order valence-corrected chi connectivity index (χ3v) is 7.52. The van der Waals surface area contributed by atoms with E-state index in [4.69, 9.17) is 0 Å². The Morgan fingerprint density at radius 3 is 2.44 bits per heavy atom. The molecule has 0 bridgehead atoms. The van der Waals surface area contributed by atoms with E-state index in [9.17, 15) is 13.2 Å². The van der Waals surface area contributed by atoms with E-state index in [1.54, 1.807) is 36.5 Å². The summed E-state index contributed by atoms with van der Waals surface area (Å²) in [5.74, 6) is -0.290. The maximum absolute atomic E-state index is 13.0. The minimum absolute atomic E-state index is 0.190. The number of hydrogen-bond acceptors (Lipinski definition) is 5. The summed E-state index contributed by atoms with van der Waals surface area (Å²) in [7, 11) is -3.60. The van der Waals surface area contributed by atoms with Gasteiger partial charge in [-0.15, -0.1) is 0 Å². The van der Waals surface area contributed by atoms with Crippen LogP contribution in [0.3, 0.4) is 0 Å². The van der Waals surface area contributed by atoms with Gasteiger partial charge in [0.05, 0.1) is 11.4 Å². The second-order valence-electron chi connectivity index (χ2n) is 7.72. The highest BCUT2D eigenvalue weighted by Gasteiger charge is 2.28. The first-order chi connectivity index (χ1) is 15.5. The van der Waals surface area contributed by atoms with Crippen LogP contribution in [0.15, 0.2) is 71.9 Å². The fourth-order valence-electron chi connectivity index (χ4n) is 3.72. The number of aromatic nitrogens is 2. The molecule has 1 fully saturated rings. The van der Waals surface area contributed by atoms with Gasteiger partial charge in [0.25, 0.3) is 5.91 Å². The summed E-state index contributed by atoms with van der Waals surface area (Å²) >= 11 is 0. The number of piperazine rings is 1. The molecule has 1 aliphatic heterocycles. The highest BCUT2D eigenvalue weighted by atomic mass is 32.2. The van der Waals surface area contributed by atoms with E-state index in [-0.39, 0.29) is 10.8 Å². The normalized spacial score (nSPS) is 15.5. The van der Waals surface area contributed by atoms with Crippen LogP contribution in [0.5, 0.6) is 0 Å². The van der Waals surface area contributed by atoms with E-state index < -0.39 is 10.0 Å². The van der Waals surface area contributed by atoms with Gasteiger partial charge >= 0.3 is 0 Å². The molecule has 2 heterocycles. The number of carbonyl (C=O) groups is 1. The number of nitrogens with zero attached hydrogens (tertiary/aromatic N) is 4. The Morgan fingerprint density at radius 2 is 1.78 bits per heavy atom. The molecule has 4 rings (SSSR count). The molecule has 0 unspecified atom stereocenters. The van der Waals surface area contributed by atoms with Crippen LogP contribution < -0.4 is 5.32 Å². The van der Waals surface area contributed by atoms with Gasteiger partial charge in [0.2, 0.25) is 10.0 Å². The summed E-state index contributed by atoms with van der Waals surface area (Å²) < 4.78 is 29.4. The van der Waals surface area contributed by atoms with Crippen molar-refractivity contribution in [2.24, 2.45) is 0 Å². The van der Waals surface area contributed by atoms with Gasteiger partial charge in [-0.2, -0.15) is 9.40 Å². The summed E-state index contributed by atoms with van der Waals surface area (Å²) in [6, 6.07) is 15.6. The van der Waals surface area contributed by atoms with Crippen LogP contribution in [0.4, 0.5) is 5.69 Å². The van der Waals surface area contributed by atoms with Gasteiger partial charge in [0.15, 0.2) is 0 Å². The lowest BCUT2D eigenvalue weighted by molar-refractivity contribution is 0.102. The molecule has 0 saturated carbocycles. The summed E-state index contributed by atoms with van der Waals surface area (Å²) in [5, 5.41) is 6.98. The van der Waals surface area contributed by atoms with Gasteiger partial charge in [0, 0.05) is 49.8 Å². The highest BCUT2D eigenvalue weighted by Crippen LogP contribution is 2.21. The monoisotopic (exact) mass is 453 g/mol. The quantitative estimate of drug-likeness (QED) is 0.594. The lowest BCUT2D eigenvalue weighted by atomic mass is 10.1. The van der Waals surface area contributed by atoms with Crippen LogP contribution in [0.25, 0.3) is 0 Å². The molecule has 8 nitrogen and oxygen atoms in total. The highest BCUT2D eigenvalue weighted by molar-refractivity contribution is 7.89. The van der Waals surface area contributed by atoms with Crippen molar-refractivity contribution in [3.05, 3.63) is 78.1 Å². The number of anilines is 1. The zero-order chi connectivity index (χ0) is 22.6. The third-order valence-electron chi connectivity index (χ3n) is 5.63. The number of nitrogens with one attached hydrogen (secondary N) is 1. The number of sulfonamides is 1. The zero-order valence-electron chi connectivity index (χ0n) is 18.0. The first-order valence-corrected chi connectivity index (χ1v) is 12.1. The van der Waals surface area contributed by atoms with Gasteiger partial charge in [-0.3, -0.25) is 9.48 Å². The standard InChI is InChI=1S/C23H27N5O3S/c1-2-26-13-15-28(16-14-26)32(30,31)22-6-3-5-21(17-22)25-23(29)20-9-7-19(8-10-20)18-27-12-4-11-24-27/h3-12,17H,2,13-16,18H2,1H3,(H,25,29). The van der Waals surface area contributed by atoms with E-state index in [0.717, 1.165) is 25.2 Å². The molecule has 0 radical (unpaired) electrons. The van der Waals surface area contributed by atoms with E-state index in [2.05, 4.69) is 22.2 Å². The predicted octanol–water partition coefficient (Wildman–Crippen LogP) is 2.51. The van der Waals surface area contributed by atoms with Crippen molar-refractivity contribution >= 4 is 21.6 Å². The van der Waals surface area contributed by atoms with Crippen molar-refractivity contribution in [2.75, 3.05) is 38.0 Å². The van der Waals surface area contributed by atoms with E-state index >= 15 is 0 Å². The van der Waals surface area contributed by atoms with Crippen molar-refractivity contribution in [3.63, 3.8) is 0 Å². The largest absolute Gasteiger partial charge is 0.322 e. The molecule has 32 heavy (non-hydrogen) atoms. The molecular weight excluding hydrogens is 426 g/mol. The van der Waals surface area contributed by atoms with Crippen LogP contribution in [-0.2, 0) is 16.6 Å². The zero-order valence-corrected chi connectivity index (χ0v) is 18.8. The molecule has 0 atom stereocenters. The second kappa shape index (κ2) is 9.64. The maximum Gasteiger partial charge on any atom is 0.255 e. The number of carbonyl (C=O) groups excluding carboxylic acids is 1. The van der Waals surface area contributed by atoms with E-state index in [1.807, 2.05) is 29.1 Å². The molecule has 1 aliphatic rings. The van der Waals surface area contributed by atoms with Crippen molar-refractivity contribution in [1.29, 1.82) is 0 Å². The van der Waals surface area contributed by atoms with Crippen molar-refractivity contribution in [1.82, 2.24) is 19.0 Å². The topological polar surface area (TPSA) is 87.5 Å². The molecule has 168 valence electrons. The van der Waals surface area contributed by atoms with E-state index in [1.165, 1.54) is 10.4 Å². The number of rotatable bonds is 7. The molecule has 1 saturated heterocycles. The summed E-state index contributed by atoms with van der Waals surface area (Å²) in [6.45, 7) is 6.00. The third kappa shape index (κ3) is 5.07. The summed E-state index contributed by atoms with van der Waals surface area (Å²) in [5.41, 5.74) is 1.98. The van der Waals surface area contributed by atoms with Crippen molar-refractivity contribution < 1.29 is 13.2 Å². The van der Waals surface area contributed by atoms with Crippen molar-refractivity contribution in [2.45, 2.75) is 18.4 Å². The number of hydrogen-bond donors (Lipinski definition) is 1. The smallest absolute Gasteiger partial charge is 0.255 e. The van der Waals surface area contributed by atoms with Crippen molar-refractivity contribution in [3.8, 4) is 0 Å². The Balaban J connectivity index is 1.42. The SMILES string of the molecule is CCN1CCN(S(=O)(=O)c2cccc(NC(=O)c3ccc(Cn4cccn4)cc3)c2)CC1. The number of likely N-dealkylation sites (N-methyl/N-ethyl adjacent to an activating group) is 1. The Kier molecular flexibility index (Phi) is 6.69. The molecule has 1 amide bonds. The number of benzene rings is 2. The van der Waals surface area contributed by atoms with Crippen LogP contribution >= 0.6 is 0 Å². The minimum atomic E-state index is -3.60. The van der Waals surface area contributed by atoms with Crippen LogP contribution in [0.2, 0.25) is 0 Å².